The number of carbonyl (C=O) groups is 1. The number of terminal acetylenes is 1. The molecule has 6 nitrogen and oxygen atoms in total. The topological polar surface area (TPSA) is 77.0 Å². The zero-order chi connectivity index (χ0) is 21.1. The van der Waals surface area contributed by atoms with Gasteiger partial charge in [0.15, 0.2) is 17.6 Å². The first-order valence-electron chi connectivity index (χ1n) is 9.50. The van der Waals surface area contributed by atoms with E-state index in [1.807, 2.05) is 12.1 Å². The zero-order valence-electron chi connectivity index (χ0n) is 16.8. The van der Waals surface area contributed by atoms with Gasteiger partial charge in [-0.3, -0.25) is 4.79 Å². The lowest BCUT2D eigenvalue weighted by molar-refractivity contribution is -0.129. The lowest BCUT2D eigenvalue weighted by atomic mass is 10.0. The summed E-state index contributed by atoms with van der Waals surface area (Å²) in [6.45, 7) is 2.74. The highest BCUT2D eigenvalue weighted by Gasteiger charge is 2.16. The molecule has 1 atom stereocenters. The zero-order valence-corrected chi connectivity index (χ0v) is 16.8. The number of hydrogen-bond donors (Lipinski definition) is 2. The van der Waals surface area contributed by atoms with Crippen LogP contribution in [0.2, 0.25) is 0 Å². The van der Waals surface area contributed by atoms with Crippen LogP contribution in [0.1, 0.15) is 30.6 Å². The van der Waals surface area contributed by atoms with Gasteiger partial charge in [0.25, 0.3) is 5.91 Å². The highest BCUT2D eigenvalue weighted by Crippen LogP contribution is 2.31. The summed E-state index contributed by atoms with van der Waals surface area (Å²) in [4.78, 5) is 12.1. The van der Waals surface area contributed by atoms with E-state index in [4.69, 9.17) is 20.6 Å². The second-order valence-corrected chi connectivity index (χ2v) is 6.34. The minimum Gasteiger partial charge on any atom is -0.493 e. The van der Waals surface area contributed by atoms with Crippen molar-refractivity contribution in [3.63, 3.8) is 0 Å². The second kappa shape index (κ2) is 11.6. The molecule has 6 heteroatoms. The molecule has 0 saturated heterocycles. The first-order valence-corrected chi connectivity index (χ1v) is 9.50. The number of ether oxygens (including phenoxy) is 3. The maximum atomic E-state index is 12.1. The van der Waals surface area contributed by atoms with Gasteiger partial charge < -0.3 is 24.6 Å². The van der Waals surface area contributed by atoms with Gasteiger partial charge in [-0.25, -0.2) is 0 Å². The molecule has 0 fully saturated rings. The Hall–Kier alpha value is -3.17. The van der Waals surface area contributed by atoms with Gasteiger partial charge in [-0.1, -0.05) is 43.5 Å². The lowest BCUT2D eigenvalue weighted by Crippen LogP contribution is -2.32. The predicted octanol–water partition coefficient (Wildman–Crippen LogP) is 2.89. The fourth-order valence-electron chi connectivity index (χ4n) is 2.72. The first-order chi connectivity index (χ1) is 14.1. The Morgan fingerprint density at radius 3 is 2.59 bits per heavy atom. The highest BCUT2D eigenvalue weighted by atomic mass is 16.5. The Bertz CT molecular complexity index is 826. The molecule has 2 aromatic carbocycles. The molecule has 0 bridgehead atoms. The Kier molecular flexibility index (Phi) is 8.87. The van der Waals surface area contributed by atoms with E-state index in [1.54, 1.807) is 30.3 Å². The van der Waals surface area contributed by atoms with E-state index >= 15 is 0 Å². The molecule has 2 N–H and O–H groups in total. The standard InChI is InChI=1S/C23H27NO5/c1-4-6-17-7-9-18(10-8-17)22(25)23(26)24-13-15-28-19-11-12-20(29-14-5-2)21(16-19)27-3/h2,7-12,16,22,25H,4,6,13-15H2,1,3H3,(H,24,26). The van der Waals surface area contributed by atoms with E-state index in [0.29, 0.717) is 22.8 Å². The van der Waals surface area contributed by atoms with Gasteiger partial charge in [0.2, 0.25) is 0 Å². The Balaban J connectivity index is 1.80. The summed E-state index contributed by atoms with van der Waals surface area (Å²) < 4.78 is 16.2. The molecular weight excluding hydrogens is 370 g/mol. The number of amides is 1. The van der Waals surface area contributed by atoms with Crippen molar-refractivity contribution in [3.8, 4) is 29.6 Å². The van der Waals surface area contributed by atoms with Gasteiger partial charge in [0.05, 0.1) is 13.7 Å². The van der Waals surface area contributed by atoms with E-state index in [2.05, 4.69) is 18.2 Å². The Labute approximate surface area is 171 Å². The van der Waals surface area contributed by atoms with Gasteiger partial charge >= 0.3 is 0 Å². The van der Waals surface area contributed by atoms with Gasteiger partial charge in [-0.05, 0) is 29.7 Å². The van der Waals surface area contributed by atoms with Crippen LogP contribution in [-0.4, -0.2) is 37.9 Å². The second-order valence-electron chi connectivity index (χ2n) is 6.34. The van der Waals surface area contributed by atoms with E-state index in [0.717, 1.165) is 12.8 Å². The molecule has 0 aliphatic carbocycles. The number of aliphatic hydroxyl groups excluding tert-OH is 1. The maximum absolute atomic E-state index is 12.1. The van der Waals surface area contributed by atoms with Crippen molar-refractivity contribution in [3.05, 3.63) is 53.6 Å². The normalized spacial score (nSPS) is 11.2. The average molecular weight is 397 g/mol. The fraction of sp³-hybridized carbons (Fsp3) is 0.348. The van der Waals surface area contributed by atoms with Crippen molar-refractivity contribution in [2.75, 3.05) is 26.9 Å². The van der Waals surface area contributed by atoms with Crippen molar-refractivity contribution < 1.29 is 24.1 Å². The molecule has 0 aromatic heterocycles. The van der Waals surface area contributed by atoms with Crippen LogP contribution in [0.4, 0.5) is 0 Å². The number of rotatable bonds is 11. The van der Waals surface area contributed by atoms with Crippen molar-refractivity contribution in [2.45, 2.75) is 25.9 Å². The number of carbonyl (C=O) groups excluding carboxylic acids is 1. The number of nitrogens with one attached hydrogen (secondary N) is 1. The molecule has 1 amide bonds. The van der Waals surface area contributed by atoms with Crippen LogP contribution in [-0.2, 0) is 11.2 Å². The molecule has 29 heavy (non-hydrogen) atoms. The SMILES string of the molecule is C#CCOc1ccc(OCCNC(=O)C(O)c2ccc(CCC)cc2)cc1OC. The van der Waals surface area contributed by atoms with Crippen LogP contribution in [0.15, 0.2) is 42.5 Å². The minimum absolute atomic E-state index is 0.145. The summed E-state index contributed by atoms with van der Waals surface area (Å²) in [5.74, 6) is 3.53. The van der Waals surface area contributed by atoms with Crippen LogP contribution in [0.5, 0.6) is 17.2 Å². The van der Waals surface area contributed by atoms with Crippen molar-refractivity contribution in [2.24, 2.45) is 0 Å². The third-order valence-corrected chi connectivity index (χ3v) is 4.20. The highest BCUT2D eigenvalue weighted by molar-refractivity contribution is 5.81. The Morgan fingerprint density at radius 1 is 1.17 bits per heavy atom. The van der Waals surface area contributed by atoms with Crippen LogP contribution in [0, 0.1) is 12.3 Å². The number of aryl methyl sites for hydroxylation is 1. The Morgan fingerprint density at radius 2 is 1.93 bits per heavy atom. The monoisotopic (exact) mass is 397 g/mol. The third kappa shape index (κ3) is 6.74. The summed E-state index contributed by atoms with van der Waals surface area (Å²) >= 11 is 0. The van der Waals surface area contributed by atoms with Crippen LogP contribution < -0.4 is 19.5 Å². The summed E-state index contributed by atoms with van der Waals surface area (Å²) in [7, 11) is 1.53. The predicted molar refractivity (Wildman–Crippen MR) is 111 cm³/mol. The van der Waals surface area contributed by atoms with E-state index in [9.17, 15) is 9.90 Å². The third-order valence-electron chi connectivity index (χ3n) is 4.20. The van der Waals surface area contributed by atoms with Gasteiger partial charge in [0, 0.05) is 6.07 Å². The summed E-state index contributed by atoms with van der Waals surface area (Å²) in [5, 5.41) is 12.9. The maximum Gasteiger partial charge on any atom is 0.253 e. The molecule has 0 spiro atoms. The van der Waals surface area contributed by atoms with Crippen LogP contribution >= 0.6 is 0 Å². The van der Waals surface area contributed by atoms with Crippen molar-refractivity contribution >= 4 is 5.91 Å². The number of aliphatic hydroxyl groups is 1. The molecule has 2 aromatic rings. The average Bonchev–Trinajstić information content (AvgIpc) is 2.75. The first kappa shape index (κ1) is 22.1. The molecule has 0 aliphatic heterocycles. The molecule has 2 rings (SSSR count). The van der Waals surface area contributed by atoms with Crippen molar-refractivity contribution in [1.29, 1.82) is 0 Å². The summed E-state index contributed by atoms with van der Waals surface area (Å²) in [5.41, 5.74) is 1.75. The lowest BCUT2D eigenvalue weighted by Gasteiger charge is -2.14. The quantitative estimate of drug-likeness (QED) is 0.450. The molecule has 0 aliphatic rings. The van der Waals surface area contributed by atoms with Gasteiger partial charge in [-0.15, -0.1) is 6.42 Å². The summed E-state index contributed by atoms with van der Waals surface area (Å²) in [6.07, 6.45) is 6.00. The van der Waals surface area contributed by atoms with E-state index in [1.165, 1.54) is 12.7 Å². The molecule has 0 heterocycles. The summed E-state index contributed by atoms with van der Waals surface area (Å²) in [6, 6.07) is 12.5. The molecular formula is C23H27NO5. The number of benzene rings is 2. The van der Waals surface area contributed by atoms with Gasteiger partial charge in [0.1, 0.15) is 19.0 Å². The fourth-order valence-corrected chi connectivity index (χ4v) is 2.72. The smallest absolute Gasteiger partial charge is 0.253 e. The van der Waals surface area contributed by atoms with Crippen LogP contribution in [0.3, 0.4) is 0 Å². The molecule has 0 saturated carbocycles. The minimum atomic E-state index is -1.21. The van der Waals surface area contributed by atoms with E-state index in [-0.39, 0.29) is 19.8 Å². The molecule has 154 valence electrons. The van der Waals surface area contributed by atoms with Gasteiger partial charge in [-0.2, -0.15) is 0 Å². The number of hydrogen-bond acceptors (Lipinski definition) is 5. The molecule has 0 radical (unpaired) electrons. The van der Waals surface area contributed by atoms with E-state index < -0.39 is 12.0 Å². The number of methoxy groups -OCH3 is 1. The molecule has 1 unspecified atom stereocenters. The van der Waals surface area contributed by atoms with Crippen LogP contribution in [0.25, 0.3) is 0 Å². The van der Waals surface area contributed by atoms with Crippen molar-refractivity contribution in [1.82, 2.24) is 5.32 Å². The largest absolute Gasteiger partial charge is 0.493 e.